The summed E-state index contributed by atoms with van der Waals surface area (Å²) in [6.07, 6.45) is 12.8. The topological polar surface area (TPSA) is 9.23 Å². The van der Waals surface area contributed by atoms with Crippen LogP contribution in [-0.4, -0.2) is 7.11 Å². The van der Waals surface area contributed by atoms with Crippen LogP contribution in [0.15, 0.2) is 36.9 Å². The molecule has 0 amide bonds. The predicted molar refractivity (Wildman–Crippen MR) is 97.2 cm³/mol. The van der Waals surface area contributed by atoms with Crippen LogP contribution < -0.4 is 0 Å². The van der Waals surface area contributed by atoms with Gasteiger partial charge in [-0.2, -0.15) is 0 Å². The average molecular weight is 303 g/mol. The minimum atomic E-state index is 0.137. The van der Waals surface area contributed by atoms with Crippen LogP contribution in [0.2, 0.25) is 0 Å². The fourth-order valence-electron chi connectivity index (χ4n) is 3.04. The molecule has 0 spiro atoms. The molecule has 2 atom stereocenters. The molecule has 1 heteroatoms. The van der Waals surface area contributed by atoms with Crippen molar-refractivity contribution in [2.24, 2.45) is 5.92 Å². The number of rotatable bonds is 12. The normalized spacial score (nSPS) is 13.8. The molecule has 0 saturated heterocycles. The molecular formula is C21H34O. The average Bonchev–Trinajstić information content (AvgIpc) is 2.54. The molecule has 0 aliphatic rings. The van der Waals surface area contributed by atoms with Gasteiger partial charge in [-0.1, -0.05) is 87.8 Å². The maximum Gasteiger partial charge on any atom is 0.0883 e. The predicted octanol–water partition coefficient (Wildman–Crippen LogP) is 6.63. The Morgan fingerprint density at radius 1 is 1.00 bits per heavy atom. The van der Waals surface area contributed by atoms with Crippen molar-refractivity contribution in [3.05, 3.63) is 48.0 Å². The molecule has 1 aromatic rings. The van der Waals surface area contributed by atoms with Crippen molar-refractivity contribution in [1.82, 2.24) is 0 Å². The van der Waals surface area contributed by atoms with Crippen LogP contribution in [0.1, 0.15) is 75.5 Å². The lowest BCUT2D eigenvalue weighted by Crippen LogP contribution is -2.13. The third-order valence-corrected chi connectivity index (χ3v) is 4.49. The highest BCUT2D eigenvalue weighted by atomic mass is 16.5. The van der Waals surface area contributed by atoms with Gasteiger partial charge in [-0.15, -0.1) is 6.58 Å². The first-order chi connectivity index (χ1) is 10.7. The summed E-state index contributed by atoms with van der Waals surface area (Å²) in [6, 6.07) is 8.69. The molecule has 124 valence electrons. The summed E-state index contributed by atoms with van der Waals surface area (Å²) in [5, 5.41) is 0. The molecule has 0 aromatic heterocycles. The number of ether oxygens (including phenoxy) is 1. The second-order valence-corrected chi connectivity index (χ2v) is 6.38. The van der Waals surface area contributed by atoms with Gasteiger partial charge in [0.1, 0.15) is 0 Å². The Hall–Kier alpha value is -1.08. The van der Waals surface area contributed by atoms with Gasteiger partial charge in [0.25, 0.3) is 0 Å². The fraction of sp³-hybridized carbons (Fsp3) is 0.619. The second-order valence-electron chi connectivity index (χ2n) is 6.38. The summed E-state index contributed by atoms with van der Waals surface area (Å²) in [7, 11) is 1.81. The van der Waals surface area contributed by atoms with E-state index in [1.807, 2.05) is 7.11 Å². The number of aryl methyl sites for hydroxylation is 1. The van der Waals surface area contributed by atoms with Crippen molar-refractivity contribution in [3.63, 3.8) is 0 Å². The van der Waals surface area contributed by atoms with E-state index >= 15 is 0 Å². The third kappa shape index (κ3) is 6.79. The van der Waals surface area contributed by atoms with Crippen molar-refractivity contribution in [3.8, 4) is 0 Å². The molecule has 0 heterocycles. The molecule has 22 heavy (non-hydrogen) atoms. The highest BCUT2D eigenvalue weighted by Crippen LogP contribution is 2.30. The molecule has 1 aromatic carbocycles. The molecule has 0 N–H and O–H groups in total. The smallest absolute Gasteiger partial charge is 0.0883 e. The second kappa shape index (κ2) is 11.5. The number of methoxy groups -OCH3 is 1. The summed E-state index contributed by atoms with van der Waals surface area (Å²) in [5.74, 6) is 0.406. The summed E-state index contributed by atoms with van der Waals surface area (Å²) in [5.41, 5.74) is 2.56. The van der Waals surface area contributed by atoms with Gasteiger partial charge in [0.15, 0.2) is 0 Å². The van der Waals surface area contributed by atoms with Gasteiger partial charge in [0, 0.05) is 13.0 Å². The zero-order chi connectivity index (χ0) is 16.2. The van der Waals surface area contributed by atoms with Crippen LogP contribution >= 0.6 is 0 Å². The summed E-state index contributed by atoms with van der Waals surface area (Å²) in [4.78, 5) is 0. The van der Waals surface area contributed by atoms with Gasteiger partial charge in [-0.25, -0.2) is 0 Å². The van der Waals surface area contributed by atoms with Crippen molar-refractivity contribution < 1.29 is 4.74 Å². The molecule has 0 aliphatic carbocycles. The third-order valence-electron chi connectivity index (χ3n) is 4.49. The van der Waals surface area contributed by atoms with E-state index in [2.05, 4.69) is 50.8 Å². The van der Waals surface area contributed by atoms with Crippen LogP contribution in [0.3, 0.4) is 0 Å². The first-order valence-corrected chi connectivity index (χ1v) is 8.94. The Bertz CT molecular complexity index is 393. The van der Waals surface area contributed by atoms with Gasteiger partial charge in [0.05, 0.1) is 6.10 Å². The van der Waals surface area contributed by atoms with Crippen LogP contribution in [0.5, 0.6) is 0 Å². The SMILES string of the molecule is C=C[C@@H](CCCCCCCCC)[C@H](OC)c1ccc(C)cc1. The van der Waals surface area contributed by atoms with E-state index in [0.717, 1.165) is 0 Å². The van der Waals surface area contributed by atoms with Crippen molar-refractivity contribution in [2.45, 2.75) is 71.3 Å². The summed E-state index contributed by atoms with van der Waals surface area (Å²) >= 11 is 0. The van der Waals surface area contributed by atoms with Crippen molar-refractivity contribution in [2.75, 3.05) is 7.11 Å². The quantitative estimate of drug-likeness (QED) is 0.311. The van der Waals surface area contributed by atoms with Crippen molar-refractivity contribution in [1.29, 1.82) is 0 Å². The lowest BCUT2D eigenvalue weighted by Gasteiger charge is -2.24. The van der Waals surface area contributed by atoms with Crippen LogP contribution in [0.4, 0.5) is 0 Å². The zero-order valence-corrected chi connectivity index (χ0v) is 14.8. The van der Waals surface area contributed by atoms with Gasteiger partial charge < -0.3 is 4.74 Å². The van der Waals surface area contributed by atoms with Crippen LogP contribution in [0, 0.1) is 12.8 Å². The van der Waals surface area contributed by atoms with Gasteiger partial charge in [0.2, 0.25) is 0 Å². The Morgan fingerprint density at radius 2 is 1.59 bits per heavy atom. The molecule has 0 unspecified atom stereocenters. The lowest BCUT2D eigenvalue weighted by atomic mass is 9.90. The monoisotopic (exact) mass is 302 g/mol. The first-order valence-electron chi connectivity index (χ1n) is 8.94. The molecular weight excluding hydrogens is 268 g/mol. The van der Waals surface area contributed by atoms with E-state index in [1.54, 1.807) is 0 Å². The van der Waals surface area contributed by atoms with Gasteiger partial charge in [-0.05, 0) is 18.9 Å². The molecule has 0 bridgehead atoms. The Labute approximate surface area is 137 Å². The first kappa shape index (κ1) is 19.0. The molecule has 0 saturated carbocycles. The molecule has 0 fully saturated rings. The maximum atomic E-state index is 5.77. The highest BCUT2D eigenvalue weighted by Gasteiger charge is 2.19. The van der Waals surface area contributed by atoms with Crippen molar-refractivity contribution >= 4 is 0 Å². The minimum Gasteiger partial charge on any atom is -0.376 e. The number of hydrogen-bond donors (Lipinski definition) is 0. The Kier molecular flexibility index (Phi) is 9.90. The molecule has 1 rings (SSSR count). The molecule has 1 nitrogen and oxygen atoms in total. The highest BCUT2D eigenvalue weighted by molar-refractivity contribution is 5.24. The van der Waals surface area contributed by atoms with Gasteiger partial charge in [-0.3, -0.25) is 0 Å². The van der Waals surface area contributed by atoms with E-state index in [0.29, 0.717) is 5.92 Å². The number of benzene rings is 1. The molecule has 0 aliphatic heterocycles. The summed E-state index contributed by atoms with van der Waals surface area (Å²) in [6.45, 7) is 8.42. The number of unbranched alkanes of at least 4 members (excludes halogenated alkanes) is 6. The van der Waals surface area contributed by atoms with E-state index < -0.39 is 0 Å². The largest absolute Gasteiger partial charge is 0.376 e. The van der Waals surface area contributed by atoms with E-state index in [1.165, 1.54) is 62.5 Å². The van der Waals surface area contributed by atoms with Gasteiger partial charge >= 0.3 is 0 Å². The van der Waals surface area contributed by atoms with E-state index in [9.17, 15) is 0 Å². The summed E-state index contributed by atoms with van der Waals surface area (Å²) < 4.78 is 5.77. The zero-order valence-electron chi connectivity index (χ0n) is 14.8. The fourth-order valence-corrected chi connectivity index (χ4v) is 3.04. The van der Waals surface area contributed by atoms with Crippen LogP contribution in [0.25, 0.3) is 0 Å². The minimum absolute atomic E-state index is 0.137. The maximum absolute atomic E-state index is 5.77. The Balaban J connectivity index is 2.40. The number of hydrogen-bond acceptors (Lipinski definition) is 1. The van der Waals surface area contributed by atoms with E-state index in [4.69, 9.17) is 4.74 Å². The molecule has 0 radical (unpaired) electrons. The van der Waals surface area contributed by atoms with E-state index in [-0.39, 0.29) is 6.10 Å². The Morgan fingerprint density at radius 3 is 2.14 bits per heavy atom. The standard InChI is InChI=1S/C21H34O/c1-5-7-8-9-10-11-12-13-19(6-2)21(22-4)20-16-14-18(3)15-17-20/h6,14-17,19,21H,2,5,7-13H2,1,3-4H3/t19-,21-/m0/s1. The lowest BCUT2D eigenvalue weighted by molar-refractivity contribution is 0.0643. The van der Waals surface area contributed by atoms with Crippen LogP contribution in [-0.2, 0) is 4.74 Å².